The number of quaternary nitrogens is 1. The summed E-state index contributed by atoms with van der Waals surface area (Å²) < 4.78 is 16.2. The molecule has 2 aromatic rings. The highest BCUT2D eigenvalue weighted by molar-refractivity contribution is 5.47. The summed E-state index contributed by atoms with van der Waals surface area (Å²) in [7, 11) is 0. The standard InChI is InChI=1S/C21H33FN6/c1-6-21(4,5)28-20(23-24-25-28)19(15-16(2)3)27-13-11-26(12-14-27)18-10-8-7-9-17(18)22/h7-10,16,19H,6,11-15H2,1-5H3/p+1/t19-/m1/s1. The molecule has 1 aromatic carbocycles. The molecule has 154 valence electrons. The third-order valence-corrected chi connectivity index (χ3v) is 6.04. The van der Waals surface area contributed by atoms with E-state index in [4.69, 9.17) is 0 Å². The maximum absolute atomic E-state index is 14.2. The minimum absolute atomic E-state index is 0.109. The van der Waals surface area contributed by atoms with E-state index in [1.54, 1.807) is 6.07 Å². The lowest BCUT2D eigenvalue weighted by molar-refractivity contribution is -0.934. The van der Waals surface area contributed by atoms with Gasteiger partial charge in [0.05, 0.1) is 37.4 Å². The molecule has 0 amide bonds. The van der Waals surface area contributed by atoms with Gasteiger partial charge in [-0.2, -0.15) is 0 Å². The van der Waals surface area contributed by atoms with Gasteiger partial charge < -0.3 is 9.80 Å². The summed E-state index contributed by atoms with van der Waals surface area (Å²) in [6.07, 6.45) is 2.00. The van der Waals surface area contributed by atoms with Crippen LogP contribution in [0, 0.1) is 11.7 Å². The van der Waals surface area contributed by atoms with Crippen LogP contribution in [-0.2, 0) is 5.54 Å². The second-order valence-electron chi connectivity index (χ2n) is 8.89. The Hall–Kier alpha value is -2.02. The average molecular weight is 390 g/mol. The number of tetrazole rings is 1. The fraction of sp³-hybridized carbons (Fsp3) is 0.667. The molecule has 1 saturated heterocycles. The van der Waals surface area contributed by atoms with Crippen LogP contribution >= 0.6 is 0 Å². The van der Waals surface area contributed by atoms with Crippen molar-refractivity contribution in [3.05, 3.63) is 35.9 Å². The molecule has 6 nitrogen and oxygen atoms in total. The zero-order valence-electron chi connectivity index (χ0n) is 17.8. The van der Waals surface area contributed by atoms with E-state index in [2.05, 4.69) is 55.0 Å². The average Bonchev–Trinajstić information content (AvgIpc) is 3.17. The van der Waals surface area contributed by atoms with Crippen LogP contribution in [0.2, 0.25) is 0 Å². The van der Waals surface area contributed by atoms with Gasteiger partial charge in [0.2, 0.25) is 5.82 Å². The van der Waals surface area contributed by atoms with E-state index >= 15 is 0 Å². The van der Waals surface area contributed by atoms with Crippen LogP contribution in [0.3, 0.4) is 0 Å². The quantitative estimate of drug-likeness (QED) is 0.790. The zero-order valence-corrected chi connectivity index (χ0v) is 17.8. The highest BCUT2D eigenvalue weighted by Gasteiger charge is 2.36. The van der Waals surface area contributed by atoms with Crippen molar-refractivity contribution >= 4 is 5.69 Å². The number of hydrogen-bond donors (Lipinski definition) is 1. The van der Waals surface area contributed by atoms with Gasteiger partial charge in [-0.3, -0.25) is 0 Å². The second-order valence-corrected chi connectivity index (χ2v) is 8.89. The number of aromatic nitrogens is 4. The molecule has 7 heteroatoms. The SMILES string of the molecule is CCC(C)(C)n1nnnc1[C@@H](CC(C)C)[NH+]1CCN(c2ccccc2F)CC1. The fourth-order valence-corrected chi connectivity index (χ4v) is 4.01. The third kappa shape index (κ3) is 4.35. The molecule has 2 heterocycles. The maximum atomic E-state index is 14.2. The minimum atomic E-state index is -0.140. The summed E-state index contributed by atoms with van der Waals surface area (Å²) in [6, 6.07) is 7.31. The third-order valence-electron chi connectivity index (χ3n) is 6.04. The number of halogens is 1. The Morgan fingerprint density at radius 1 is 1.18 bits per heavy atom. The van der Waals surface area contributed by atoms with Crippen LogP contribution in [0.4, 0.5) is 10.1 Å². The predicted octanol–water partition coefficient (Wildman–Crippen LogP) is 2.45. The molecular formula is C21H34FN6+. The number of nitrogens with zero attached hydrogens (tertiary/aromatic N) is 5. The van der Waals surface area contributed by atoms with Gasteiger partial charge in [0, 0.05) is 6.42 Å². The normalized spacial score (nSPS) is 17.3. The smallest absolute Gasteiger partial charge is 0.209 e. The number of para-hydroxylation sites is 1. The van der Waals surface area contributed by atoms with Crippen molar-refractivity contribution in [1.29, 1.82) is 0 Å². The molecule has 1 N–H and O–H groups in total. The lowest BCUT2D eigenvalue weighted by atomic mass is 9.98. The molecule has 1 aliphatic heterocycles. The summed E-state index contributed by atoms with van der Waals surface area (Å²) >= 11 is 0. The summed E-state index contributed by atoms with van der Waals surface area (Å²) in [5.74, 6) is 1.39. The highest BCUT2D eigenvalue weighted by Crippen LogP contribution is 2.25. The van der Waals surface area contributed by atoms with Gasteiger partial charge in [-0.1, -0.05) is 32.9 Å². The number of rotatable bonds is 7. The van der Waals surface area contributed by atoms with Crippen molar-refractivity contribution in [3.63, 3.8) is 0 Å². The van der Waals surface area contributed by atoms with E-state index in [9.17, 15) is 4.39 Å². The van der Waals surface area contributed by atoms with Crippen molar-refractivity contribution in [2.75, 3.05) is 31.1 Å². The molecule has 0 spiro atoms. The Morgan fingerprint density at radius 3 is 2.46 bits per heavy atom. The van der Waals surface area contributed by atoms with Gasteiger partial charge >= 0.3 is 0 Å². The van der Waals surface area contributed by atoms with Gasteiger partial charge in [-0.25, -0.2) is 9.07 Å². The maximum Gasteiger partial charge on any atom is 0.209 e. The molecule has 0 unspecified atom stereocenters. The molecule has 28 heavy (non-hydrogen) atoms. The van der Waals surface area contributed by atoms with Crippen LogP contribution in [0.1, 0.15) is 59.3 Å². The van der Waals surface area contributed by atoms with Gasteiger partial charge in [0.1, 0.15) is 5.82 Å². The first-order valence-electron chi connectivity index (χ1n) is 10.5. The Kier molecular flexibility index (Phi) is 6.33. The highest BCUT2D eigenvalue weighted by atomic mass is 19.1. The zero-order chi connectivity index (χ0) is 20.3. The van der Waals surface area contributed by atoms with E-state index in [0.717, 1.165) is 44.8 Å². The summed E-state index contributed by atoms with van der Waals surface area (Å²) in [6.45, 7) is 14.6. The van der Waals surface area contributed by atoms with Crippen molar-refractivity contribution in [2.45, 2.75) is 59.0 Å². The Morgan fingerprint density at radius 2 is 1.86 bits per heavy atom. The lowest BCUT2D eigenvalue weighted by Crippen LogP contribution is -3.15. The molecule has 0 bridgehead atoms. The van der Waals surface area contributed by atoms with Gasteiger partial charge in [0.15, 0.2) is 6.04 Å². The summed E-state index contributed by atoms with van der Waals surface area (Å²) in [4.78, 5) is 3.65. The number of piperazine rings is 1. The molecule has 1 aliphatic rings. The van der Waals surface area contributed by atoms with Crippen molar-refractivity contribution in [2.24, 2.45) is 5.92 Å². The van der Waals surface area contributed by atoms with Crippen LogP contribution in [-0.4, -0.2) is 46.4 Å². The summed E-state index contributed by atoms with van der Waals surface area (Å²) in [5, 5.41) is 12.8. The second kappa shape index (κ2) is 8.55. The molecular weight excluding hydrogens is 355 g/mol. The van der Waals surface area contributed by atoms with E-state index in [-0.39, 0.29) is 17.4 Å². The van der Waals surface area contributed by atoms with Crippen LogP contribution < -0.4 is 9.80 Å². The molecule has 1 fully saturated rings. The van der Waals surface area contributed by atoms with Gasteiger partial charge in [-0.15, -0.1) is 5.10 Å². The van der Waals surface area contributed by atoms with Gasteiger partial charge in [-0.05, 0) is 48.7 Å². The van der Waals surface area contributed by atoms with Crippen molar-refractivity contribution < 1.29 is 9.29 Å². The van der Waals surface area contributed by atoms with E-state index in [1.165, 1.54) is 11.0 Å². The van der Waals surface area contributed by atoms with Crippen molar-refractivity contribution in [1.82, 2.24) is 20.2 Å². The van der Waals surface area contributed by atoms with Crippen molar-refractivity contribution in [3.8, 4) is 0 Å². The molecule has 1 atom stereocenters. The molecule has 0 saturated carbocycles. The Labute approximate surface area is 167 Å². The van der Waals surface area contributed by atoms with Crippen LogP contribution in [0.25, 0.3) is 0 Å². The number of nitrogens with one attached hydrogen (secondary N) is 1. The largest absolute Gasteiger partial charge is 0.358 e. The van der Waals surface area contributed by atoms with Crippen LogP contribution in [0.5, 0.6) is 0 Å². The number of hydrogen-bond acceptors (Lipinski definition) is 4. The first kappa shape index (κ1) is 20.7. The molecule has 3 rings (SSSR count). The van der Waals surface area contributed by atoms with E-state index < -0.39 is 0 Å². The molecule has 0 radical (unpaired) electrons. The topological polar surface area (TPSA) is 51.3 Å². The first-order valence-corrected chi connectivity index (χ1v) is 10.5. The molecule has 1 aromatic heterocycles. The Bertz CT molecular complexity index is 764. The first-order chi connectivity index (χ1) is 13.3. The minimum Gasteiger partial charge on any atom is -0.358 e. The Balaban J connectivity index is 1.80. The van der Waals surface area contributed by atoms with Gasteiger partial charge in [0.25, 0.3) is 0 Å². The lowest BCUT2D eigenvalue weighted by Gasteiger charge is -2.38. The van der Waals surface area contributed by atoms with E-state index in [1.807, 2.05) is 16.8 Å². The number of benzene rings is 1. The monoisotopic (exact) mass is 389 g/mol. The van der Waals surface area contributed by atoms with E-state index in [0.29, 0.717) is 11.6 Å². The predicted molar refractivity (Wildman–Crippen MR) is 109 cm³/mol. The number of anilines is 1. The molecule has 0 aliphatic carbocycles. The van der Waals surface area contributed by atoms with Crippen LogP contribution in [0.15, 0.2) is 24.3 Å². The summed E-state index contributed by atoms with van der Waals surface area (Å²) in [5.41, 5.74) is 0.599. The fourth-order valence-electron chi connectivity index (χ4n) is 4.01.